The summed E-state index contributed by atoms with van der Waals surface area (Å²) in [4.78, 5) is 8.10. The van der Waals surface area contributed by atoms with E-state index in [1.807, 2.05) is 25.1 Å². The molecule has 0 amide bonds. The molecule has 0 aliphatic heterocycles. The Morgan fingerprint density at radius 3 is 2.48 bits per heavy atom. The van der Waals surface area contributed by atoms with Crippen LogP contribution in [0.2, 0.25) is 0 Å². The van der Waals surface area contributed by atoms with Crippen LogP contribution >= 0.6 is 0 Å². The molecule has 2 aromatic rings. The average molecular weight is 287 g/mol. The van der Waals surface area contributed by atoms with Crippen LogP contribution in [0.1, 0.15) is 31.9 Å². The van der Waals surface area contributed by atoms with E-state index < -0.39 is 0 Å². The molecule has 0 unspecified atom stereocenters. The lowest BCUT2D eigenvalue weighted by Crippen LogP contribution is -2.13. The lowest BCUT2D eigenvalue weighted by molar-refractivity contribution is 0.404. The molecule has 1 heterocycles. The summed E-state index contributed by atoms with van der Waals surface area (Å²) < 4.78 is 11.3. The van der Waals surface area contributed by atoms with E-state index in [0.717, 1.165) is 22.6 Å². The molecular formula is C16H21N3O2. The van der Waals surface area contributed by atoms with Gasteiger partial charge in [-0.05, 0) is 30.5 Å². The van der Waals surface area contributed by atoms with Crippen molar-refractivity contribution in [2.45, 2.75) is 33.1 Å². The fourth-order valence-electron chi connectivity index (χ4n) is 1.96. The molecule has 2 rings (SSSR count). The first-order valence-electron chi connectivity index (χ1n) is 6.76. The van der Waals surface area contributed by atoms with Crippen molar-refractivity contribution in [3.05, 3.63) is 35.7 Å². The summed E-state index contributed by atoms with van der Waals surface area (Å²) in [5.74, 6) is 2.43. The van der Waals surface area contributed by atoms with Crippen molar-refractivity contribution in [1.29, 1.82) is 0 Å². The lowest BCUT2D eigenvalue weighted by atomic mass is 9.86. The second kappa shape index (κ2) is 5.60. The van der Waals surface area contributed by atoms with Gasteiger partial charge in [0.2, 0.25) is 5.88 Å². The van der Waals surface area contributed by atoms with E-state index in [2.05, 4.69) is 30.7 Å². The zero-order valence-electron chi connectivity index (χ0n) is 13.1. The molecule has 0 saturated heterocycles. The van der Waals surface area contributed by atoms with Crippen molar-refractivity contribution in [3.8, 4) is 17.4 Å². The van der Waals surface area contributed by atoms with Crippen LogP contribution in [0.3, 0.4) is 0 Å². The van der Waals surface area contributed by atoms with Gasteiger partial charge in [-0.3, -0.25) is 0 Å². The summed E-state index contributed by atoms with van der Waals surface area (Å²) in [5.41, 5.74) is 7.48. The van der Waals surface area contributed by atoms with E-state index in [-0.39, 0.29) is 5.41 Å². The fraction of sp³-hybridized carbons (Fsp3) is 0.375. The quantitative estimate of drug-likeness (QED) is 0.936. The van der Waals surface area contributed by atoms with E-state index in [4.69, 9.17) is 15.2 Å². The first kappa shape index (κ1) is 15.1. The number of hydrogen-bond donors (Lipinski definition) is 1. The summed E-state index contributed by atoms with van der Waals surface area (Å²) in [6.07, 6.45) is 1.40. The highest BCUT2D eigenvalue weighted by Gasteiger charge is 2.21. The summed E-state index contributed by atoms with van der Waals surface area (Å²) in [7, 11) is 1.65. The van der Waals surface area contributed by atoms with Gasteiger partial charge in [-0.25, -0.2) is 9.97 Å². The van der Waals surface area contributed by atoms with E-state index in [9.17, 15) is 0 Å². The van der Waals surface area contributed by atoms with Gasteiger partial charge in [0.25, 0.3) is 0 Å². The van der Waals surface area contributed by atoms with Crippen LogP contribution in [-0.2, 0) is 5.41 Å². The standard InChI is InChI=1S/C16H21N3O2/c1-10-14(17)18-9-19-15(10)21-13-7-6-11(20-5)8-12(13)16(2,3)4/h6-9H,1-5H3,(H2,17,18,19). The second-order valence-corrected chi connectivity index (χ2v) is 5.90. The van der Waals surface area contributed by atoms with Crippen molar-refractivity contribution < 1.29 is 9.47 Å². The van der Waals surface area contributed by atoms with Crippen LogP contribution in [-0.4, -0.2) is 17.1 Å². The SMILES string of the molecule is COc1ccc(Oc2ncnc(N)c2C)c(C(C)(C)C)c1. The molecule has 0 aliphatic rings. The van der Waals surface area contributed by atoms with Gasteiger partial charge >= 0.3 is 0 Å². The van der Waals surface area contributed by atoms with Crippen molar-refractivity contribution in [3.63, 3.8) is 0 Å². The van der Waals surface area contributed by atoms with Crippen LogP contribution in [0.15, 0.2) is 24.5 Å². The predicted octanol–water partition coefficient (Wildman–Crippen LogP) is 3.47. The minimum absolute atomic E-state index is 0.0870. The van der Waals surface area contributed by atoms with Gasteiger partial charge < -0.3 is 15.2 Å². The summed E-state index contributed by atoms with van der Waals surface area (Å²) in [6.45, 7) is 8.20. The normalized spacial score (nSPS) is 11.3. The van der Waals surface area contributed by atoms with Crippen molar-refractivity contribution in [2.24, 2.45) is 0 Å². The molecule has 1 aromatic carbocycles. The van der Waals surface area contributed by atoms with Crippen LogP contribution in [0.25, 0.3) is 0 Å². The number of aromatic nitrogens is 2. The highest BCUT2D eigenvalue weighted by Crippen LogP contribution is 2.37. The minimum atomic E-state index is -0.0870. The number of ether oxygens (including phenoxy) is 2. The zero-order chi connectivity index (χ0) is 15.6. The monoisotopic (exact) mass is 287 g/mol. The Morgan fingerprint density at radius 2 is 1.86 bits per heavy atom. The molecule has 1 aromatic heterocycles. The number of nitrogens with two attached hydrogens (primary N) is 1. The maximum Gasteiger partial charge on any atom is 0.227 e. The number of anilines is 1. The molecule has 0 atom stereocenters. The first-order chi connectivity index (χ1) is 9.82. The predicted molar refractivity (Wildman–Crippen MR) is 82.9 cm³/mol. The summed E-state index contributed by atoms with van der Waals surface area (Å²) in [6, 6.07) is 5.73. The van der Waals surface area contributed by atoms with Gasteiger partial charge in [-0.2, -0.15) is 0 Å². The first-order valence-corrected chi connectivity index (χ1v) is 6.76. The second-order valence-electron chi connectivity index (χ2n) is 5.90. The Kier molecular flexibility index (Phi) is 4.02. The Balaban J connectivity index is 2.46. The van der Waals surface area contributed by atoms with Gasteiger partial charge in [0.15, 0.2) is 0 Å². The number of hydrogen-bond acceptors (Lipinski definition) is 5. The van der Waals surface area contributed by atoms with Gasteiger partial charge in [-0.1, -0.05) is 20.8 Å². The largest absolute Gasteiger partial charge is 0.497 e. The molecule has 0 radical (unpaired) electrons. The highest BCUT2D eigenvalue weighted by molar-refractivity contribution is 5.49. The average Bonchev–Trinajstić information content (AvgIpc) is 2.43. The van der Waals surface area contributed by atoms with Gasteiger partial charge in [0.1, 0.15) is 23.6 Å². The van der Waals surface area contributed by atoms with Crippen LogP contribution < -0.4 is 15.2 Å². The van der Waals surface area contributed by atoms with Crippen molar-refractivity contribution in [1.82, 2.24) is 9.97 Å². The number of nitrogens with zero attached hydrogens (tertiary/aromatic N) is 2. The number of methoxy groups -OCH3 is 1. The molecule has 0 spiro atoms. The third-order valence-corrected chi connectivity index (χ3v) is 3.28. The maximum atomic E-state index is 5.96. The Labute approximate surface area is 125 Å². The van der Waals surface area contributed by atoms with Crippen LogP contribution in [0, 0.1) is 6.92 Å². The van der Waals surface area contributed by atoms with Gasteiger partial charge in [0.05, 0.1) is 12.7 Å². The molecule has 0 bridgehead atoms. The summed E-state index contributed by atoms with van der Waals surface area (Å²) in [5, 5.41) is 0. The maximum absolute atomic E-state index is 5.96. The number of rotatable bonds is 3. The van der Waals surface area contributed by atoms with E-state index in [0.29, 0.717) is 11.7 Å². The Morgan fingerprint density at radius 1 is 1.14 bits per heavy atom. The Hall–Kier alpha value is -2.30. The van der Waals surface area contributed by atoms with E-state index >= 15 is 0 Å². The fourth-order valence-corrected chi connectivity index (χ4v) is 1.96. The van der Waals surface area contributed by atoms with Crippen molar-refractivity contribution >= 4 is 5.82 Å². The van der Waals surface area contributed by atoms with Gasteiger partial charge in [-0.15, -0.1) is 0 Å². The number of benzene rings is 1. The van der Waals surface area contributed by atoms with Gasteiger partial charge in [0, 0.05) is 5.56 Å². The molecule has 0 saturated carbocycles. The Bertz CT molecular complexity index is 648. The zero-order valence-corrected chi connectivity index (χ0v) is 13.1. The molecule has 2 N–H and O–H groups in total. The molecule has 21 heavy (non-hydrogen) atoms. The molecule has 112 valence electrons. The van der Waals surface area contributed by atoms with E-state index in [1.165, 1.54) is 6.33 Å². The van der Waals surface area contributed by atoms with Crippen molar-refractivity contribution in [2.75, 3.05) is 12.8 Å². The van der Waals surface area contributed by atoms with Crippen LogP contribution in [0.4, 0.5) is 5.82 Å². The lowest BCUT2D eigenvalue weighted by Gasteiger charge is -2.23. The van der Waals surface area contributed by atoms with Crippen LogP contribution in [0.5, 0.6) is 17.4 Å². The third-order valence-electron chi connectivity index (χ3n) is 3.28. The summed E-state index contributed by atoms with van der Waals surface area (Å²) >= 11 is 0. The topological polar surface area (TPSA) is 70.3 Å². The highest BCUT2D eigenvalue weighted by atomic mass is 16.5. The smallest absolute Gasteiger partial charge is 0.227 e. The molecule has 5 nitrogen and oxygen atoms in total. The third kappa shape index (κ3) is 3.24. The number of nitrogen functional groups attached to an aromatic ring is 1. The molecule has 0 aliphatic carbocycles. The minimum Gasteiger partial charge on any atom is -0.497 e. The van der Waals surface area contributed by atoms with E-state index in [1.54, 1.807) is 7.11 Å². The molecule has 0 fully saturated rings. The molecule has 5 heteroatoms. The molecular weight excluding hydrogens is 266 g/mol.